The molecule has 25 heavy (non-hydrogen) atoms. The van der Waals surface area contributed by atoms with E-state index in [9.17, 15) is 4.79 Å². The maximum Gasteiger partial charge on any atom is 0.414 e. The molecule has 0 radical (unpaired) electrons. The number of ether oxygens (including phenoxy) is 1. The molecule has 1 saturated heterocycles. The lowest BCUT2D eigenvalue weighted by atomic mass is 10.1. The third-order valence-corrected chi connectivity index (χ3v) is 4.60. The molecule has 4 rings (SSSR count). The van der Waals surface area contributed by atoms with Gasteiger partial charge in [-0.1, -0.05) is 13.8 Å². The Morgan fingerprint density at radius 3 is 2.80 bits per heavy atom. The van der Waals surface area contributed by atoms with Crippen molar-refractivity contribution in [2.75, 3.05) is 23.8 Å². The van der Waals surface area contributed by atoms with E-state index in [0.29, 0.717) is 19.0 Å². The summed E-state index contributed by atoms with van der Waals surface area (Å²) in [5.74, 6) is 1.44. The largest absolute Gasteiger partial charge is 0.447 e. The highest BCUT2D eigenvalue weighted by atomic mass is 16.6. The third kappa shape index (κ3) is 2.38. The van der Waals surface area contributed by atoms with E-state index in [1.807, 2.05) is 18.2 Å². The molecule has 7 heteroatoms. The summed E-state index contributed by atoms with van der Waals surface area (Å²) in [6.45, 7) is 6.09. The first-order valence-electron chi connectivity index (χ1n) is 8.66. The van der Waals surface area contributed by atoms with Crippen LogP contribution < -0.4 is 10.6 Å². The average Bonchev–Trinajstić information content (AvgIpc) is 3.19. The number of fused-ring (bicyclic) bond motifs is 3. The van der Waals surface area contributed by atoms with Crippen LogP contribution in [0.25, 0.3) is 21.9 Å². The van der Waals surface area contributed by atoms with Gasteiger partial charge < -0.3 is 15.0 Å². The molecular weight excluding hydrogens is 318 g/mol. The summed E-state index contributed by atoms with van der Waals surface area (Å²) in [5.41, 5.74) is 9.52. The van der Waals surface area contributed by atoms with Gasteiger partial charge in [0.25, 0.3) is 0 Å². The van der Waals surface area contributed by atoms with Crippen molar-refractivity contribution in [1.29, 1.82) is 0 Å². The Bertz CT molecular complexity index is 979. The second-order valence-corrected chi connectivity index (χ2v) is 6.19. The van der Waals surface area contributed by atoms with Crippen LogP contribution in [0.1, 0.15) is 26.1 Å². The maximum absolute atomic E-state index is 11.8. The van der Waals surface area contributed by atoms with Gasteiger partial charge in [0.1, 0.15) is 17.9 Å². The van der Waals surface area contributed by atoms with Crippen molar-refractivity contribution in [2.45, 2.75) is 33.2 Å². The zero-order chi connectivity index (χ0) is 17.6. The first-order valence-corrected chi connectivity index (χ1v) is 8.66. The number of hydrogen-bond donors (Lipinski definition) is 1. The van der Waals surface area contributed by atoms with Crippen LogP contribution in [0.15, 0.2) is 18.2 Å². The highest BCUT2D eigenvalue weighted by molar-refractivity contribution is 6.08. The smallest absolute Gasteiger partial charge is 0.414 e. The number of nitrogens with two attached hydrogens (primary N) is 1. The van der Waals surface area contributed by atoms with Crippen molar-refractivity contribution in [3.05, 3.63) is 24.0 Å². The van der Waals surface area contributed by atoms with Crippen LogP contribution in [0, 0.1) is 0 Å². The van der Waals surface area contributed by atoms with Gasteiger partial charge in [0.15, 0.2) is 5.82 Å². The summed E-state index contributed by atoms with van der Waals surface area (Å²) >= 11 is 0. The zero-order valence-corrected chi connectivity index (χ0v) is 14.5. The number of aromatic nitrogens is 3. The van der Waals surface area contributed by atoms with Crippen molar-refractivity contribution in [2.24, 2.45) is 0 Å². The van der Waals surface area contributed by atoms with E-state index < -0.39 is 0 Å². The molecule has 0 bridgehead atoms. The normalized spacial score (nSPS) is 14.6. The number of nitrogen functional groups attached to an aromatic ring is 1. The van der Waals surface area contributed by atoms with Crippen LogP contribution in [0.2, 0.25) is 0 Å². The average molecular weight is 339 g/mol. The van der Waals surface area contributed by atoms with Gasteiger partial charge in [-0.2, -0.15) is 0 Å². The van der Waals surface area contributed by atoms with E-state index in [-0.39, 0.29) is 6.09 Å². The minimum atomic E-state index is -0.322. The van der Waals surface area contributed by atoms with Crippen molar-refractivity contribution >= 4 is 39.5 Å². The van der Waals surface area contributed by atoms with Gasteiger partial charge in [-0.25, -0.2) is 14.8 Å². The number of carbonyl (C=O) groups excluding carboxylic acids is 1. The van der Waals surface area contributed by atoms with Gasteiger partial charge in [-0.3, -0.25) is 4.90 Å². The van der Waals surface area contributed by atoms with E-state index in [0.717, 1.165) is 52.8 Å². The number of amides is 1. The number of imidazole rings is 1. The van der Waals surface area contributed by atoms with Crippen LogP contribution in [0.4, 0.5) is 16.3 Å². The molecule has 0 aliphatic carbocycles. The van der Waals surface area contributed by atoms with E-state index in [4.69, 9.17) is 15.5 Å². The Morgan fingerprint density at radius 2 is 2.12 bits per heavy atom. The fourth-order valence-electron chi connectivity index (χ4n) is 3.48. The fourth-order valence-corrected chi connectivity index (χ4v) is 3.48. The second kappa shape index (κ2) is 5.91. The summed E-state index contributed by atoms with van der Waals surface area (Å²) in [5, 5.41) is 1.00. The molecule has 1 aliphatic rings. The van der Waals surface area contributed by atoms with Gasteiger partial charge in [-0.15, -0.1) is 0 Å². The lowest BCUT2D eigenvalue weighted by molar-refractivity contribution is 0.181. The molecular formula is C18H21N5O2. The molecule has 3 aromatic rings. The molecule has 130 valence electrons. The van der Waals surface area contributed by atoms with Crippen LogP contribution in [0.5, 0.6) is 0 Å². The Kier molecular flexibility index (Phi) is 3.71. The minimum Gasteiger partial charge on any atom is -0.447 e. The Hall–Kier alpha value is -2.83. The second-order valence-electron chi connectivity index (χ2n) is 6.19. The number of carbonyl (C=O) groups is 1. The summed E-state index contributed by atoms with van der Waals surface area (Å²) in [4.78, 5) is 22.7. The van der Waals surface area contributed by atoms with Gasteiger partial charge in [0.2, 0.25) is 0 Å². The standard InChI is InChI=1S/C18H21N5O2/c1-3-7-23-14(4-2)21-15-16(23)12-6-5-11(10-13(12)20-17(15)19)22-8-9-25-18(22)24/h5-6,10H,3-4,7-9H2,1-2H3,(H2,19,20). The predicted octanol–water partition coefficient (Wildman–Crippen LogP) is 3.10. The number of benzene rings is 1. The number of cyclic esters (lactones) is 1. The number of anilines is 2. The van der Waals surface area contributed by atoms with Crippen molar-refractivity contribution in [1.82, 2.24) is 14.5 Å². The monoisotopic (exact) mass is 339 g/mol. The number of rotatable bonds is 4. The van der Waals surface area contributed by atoms with Crippen molar-refractivity contribution in [3.8, 4) is 0 Å². The number of pyridine rings is 1. The molecule has 0 atom stereocenters. The predicted molar refractivity (Wildman–Crippen MR) is 97.8 cm³/mol. The van der Waals surface area contributed by atoms with E-state index in [1.54, 1.807) is 4.90 Å². The fraction of sp³-hybridized carbons (Fsp3) is 0.389. The SMILES string of the molecule is CCCn1c(CC)nc2c(N)nc3cc(N4CCOC4=O)ccc3c21. The lowest BCUT2D eigenvalue weighted by Crippen LogP contribution is -2.23. The lowest BCUT2D eigenvalue weighted by Gasteiger charge is -2.14. The molecule has 7 nitrogen and oxygen atoms in total. The molecule has 0 unspecified atom stereocenters. The van der Waals surface area contributed by atoms with Crippen LogP contribution in [0.3, 0.4) is 0 Å². The van der Waals surface area contributed by atoms with Gasteiger partial charge in [-0.05, 0) is 24.6 Å². The summed E-state index contributed by atoms with van der Waals surface area (Å²) in [6.07, 6.45) is 1.53. The van der Waals surface area contributed by atoms with Crippen LogP contribution >= 0.6 is 0 Å². The van der Waals surface area contributed by atoms with Crippen molar-refractivity contribution < 1.29 is 9.53 Å². The first kappa shape index (κ1) is 15.7. The Morgan fingerprint density at radius 1 is 1.28 bits per heavy atom. The summed E-state index contributed by atoms with van der Waals surface area (Å²) in [7, 11) is 0. The third-order valence-electron chi connectivity index (χ3n) is 4.60. The highest BCUT2D eigenvalue weighted by Crippen LogP contribution is 2.32. The van der Waals surface area contributed by atoms with E-state index in [1.165, 1.54) is 0 Å². The van der Waals surface area contributed by atoms with Crippen molar-refractivity contribution in [3.63, 3.8) is 0 Å². The quantitative estimate of drug-likeness (QED) is 0.789. The highest BCUT2D eigenvalue weighted by Gasteiger charge is 2.24. The number of nitrogens with zero attached hydrogens (tertiary/aromatic N) is 4. The molecule has 0 spiro atoms. The number of hydrogen-bond acceptors (Lipinski definition) is 5. The molecule has 3 heterocycles. The molecule has 1 amide bonds. The van der Waals surface area contributed by atoms with E-state index >= 15 is 0 Å². The minimum absolute atomic E-state index is 0.322. The Labute approximate surface area is 145 Å². The molecule has 2 aromatic heterocycles. The first-order chi connectivity index (χ1) is 12.1. The van der Waals surface area contributed by atoms with Gasteiger partial charge >= 0.3 is 6.09 Å². The number of aryl methyl sites for hydroxylation is 2. The maximum atomic E-state index is 11.8. The molecule has 1 aliphatic heterocycles. The summed E-state index contributed by atoms with van der Waals surface area (Å²) < 4.78 is 7.26. The van der Waals surface area contributed by atoms with Gasteiger partial charge in [0, 0.05) is 24.0 Å². The van der Waals surface area contributed by atoms with Crippen LogP contribution in [-0.2, 0) is 17.7 Å². The zero-order valence-electron chi connectivity index (χ0n) is 14.5. The molecule has 2 N–H and O–H groups in total. The molecule has 1 aromatic carbocycles. The van der Waals surface area contributed by atoms with Gasteiger partial charge in [0.05, 0.1) is 17.6 Å². The summed E-state index contributed by atoms with van der Waals surface area (Å²) in [6, 6.07) is 5.83. The van der Waals surface area contributed by atoms with E-state index in [2.05, 4.69) is 23.4 Å². The molecule has 1 fully saturated rings. The van der Waals surface area contributed by atoms with Crippen LogP contribution in [-0.4, -0.2) is 33.8 Å². The molecule has 0 saturated carbocycles. The Balaban J connectivity index is 1.97. The topological polar surface area (TPSA) is 86.3 Å².